The average Bonchev–Trinajstić information content (AvgIpc) is 2.39. The molecule has 0 fully saturated rings. The molecular formula is C14H23Br. The first-order valence-corrected chi connectivity index (χ1v) is 6.77. The third kappa shape index (κ3) is 2.96. The maximum atomic E-state index is 3.63. The standard InChI is InChI=1S/C14H23Br/c1-10(12(3)15)6-8-13-9-7-11(2)14(13,4)5/h6-8,10,12-13H,9H2,1-5H3. The van der Waals surface area contributed by atoms with E-state index in [1.165, 1.54) is 12.0 Å². The third-order valence-corrected chi connectivity index (χ3v) is 4.83. The number of alkyl halides is 1. The molecule has 1 aliphatic rings. The van der Waals surface area contributed by atoms with Crippen molar-refractivity contribution in [2.24, 2.45) is 17.3 Å². The van der Waals surface area contributed by atoms with Gasteiger partial charge in [-0.1, -0.05) is 67.4 Å². The summed E-state index contributed by atoms with van der Waals surface area (Å²) in [5.41, 5.74) is 1.89. The molecule has 1 aliphatic carbocycles. The van der Waals surface area contributed by atoms with Crippen LogP contribution in [0.5, 0.6) is 0 Å². The van der Waals surface area contributed by atoms with Gasteiger partial charge >= 0.3 is 0 Å². The molecule has 0 aliphatic heterocycles. The van der Waals surface area contributed by atoms with Gasteiger partial charge in [0.15, 0.2) is 0 Å². The van der Waals surface area contributed by atoms with Gasteiger partial charge in [0, 0.05) is 4.83 Å². The Morgan fingerprint density at radius 2 is 2.07 bits per heavy atom. The van der Waals surface area contributed by atoms with E-state index in [2.05, 4.69) is 68.8 Å². The van der Waals surface area contributed by atoms with Crippen molar-refractivity contribution in [2.45, 2.75) is 45.9 Å². The summed E-state index contributed by atoms with van der Waals surface area (Å²) in [4.78, 5) is 0.562. The molecule has 0 nitrogen and oxygen atoms in total. The van der Waals surface area contributed by atoms with Crippen LogP contribution < -0.4 is 0 Å². The van der Waals surface area contributed by atoms with Crippen LogP contribution in [0.2, 0.25) is 0 Å². The highest BCUT2D eigenvalue weighted by atomic mass is 79.9. The summed E-state index contributed by atoms with van der Waals surface area (Å²) in [5, 5.41) is 0. The van der Waals surface area contributed by atoms with Gasteiger partial charge in [0.25, 0.3) is 0 Å². The summed E-state index contributed by atoms with van der Waals surface area (Å²) in [6, 6.07) is 0. The number of hydrogen-bond acceptors (Lipinski definition) is 0. The Bertz CT molecular complexity index is 271. The van der Waals surface area contributed by atoms with E-state index in [9.17, 15) is 0 Å². The van der Waals surface area contributed by atoms with Crippen molar-refractivity contribution in [3.05, 3.63) is 23.8 Å². The molecule has 0 aromatic rings. The van der Waals surface area contributed by atoms with Gasteiger partial charge in [0.2, 0.25) is 0 Å². The summed E-state index contributed by atoms with van der Waals surface area (Å²) in [5.74, 6) is 1.30. The zero-order chi connectivity index (χ0) is 11.6. The molecule has 0 N–H and O–H groups in total. The van der Waals surface area contributed by atoms with Crippen molar-refractivity contribution in [1.29, 1.82) is 0 Å². The first kappa shape index (κ1) is 13.0. The molecule has 0 radical (unpaired) electrons. The minimum Gasteiger partial charge on any atom is -0.0887 e. The lowest BCUT2D eigenvalue weighted by atomic mass is 9.77. The van der Waals surface area contributed by atoms with Gasteiger partial charge in [0.1, 0.15) is 0 Å². The smallest absolute Gasteiger partial charge is 0.0177 e. The number of rotatable bonds is 3. The number of halogens is 1. The van der Waals surface area contributed by atoms with Crippen LogP contribution in [-0.4, -0.2) is 4.83 Å². The van der Waals surface area contributed by atoms with Crippen LogP contribution in [0.4, 0.5) is 0 Å². The van der Waals surface area contributed by atoms with E-state index in [1.54, 1.807) is 0 Å². The van der Waals surface area contributed by atoms with Gasteiger partial charge < -0.3 is 0 Å². The fourth-order valence-electron chi connectivity index (χ4n) is 1.94. The zero-order valence-corrected chi connectivity index (χ0v) is 12.1. The van der Waals surface area contributed by atoms with Crippen molar-refractivity contribution in [3.8, 4) is 0 Å². The minimum absolute atomic E-state index is 0.353. The Hall–Kier alpha value is -0.0400. The number of allylic oxidation sites excluding steroid dienone is 4. The van der Waals surface area contributed by atoms with Gasteiger partial charge in [-0.15, -0.1) is 0 Å². The Morgan fingerprint density at radius 1 is 1.47 bits per heavy atom. The lowest BCUT2D eigenvalue weighted by Gasteiger charge is -2.27. The lowest BCUT2D eigenvalue weighted by Crippen LogP contribution is -2.18. The molecule has 15 heavy (non-hydrogen) atoms. The second kappa shape index (κ2) is 4.86. The van der Waals surface area contributed by atoms with Gasteiger partial charge in [-0.25, -0.2) is 0 Å². The molecular weight excluding hydrogens is 248 g/mol. The molecule has 0 amide bonds. The third-order valence-electron chi connectivity index (χ3n) is 3.99. The highest BCUT2D eigenvalue weighted by Gasteiger charge is 2.32. The van der Waals surface area contributed by atoms with E-state index in [0.29, 0.717) is 22.1 Å². The summed E-state index contributed by atoms with van der Waals surface area (Å²) in [6.07, 6.45) is 8.36. The molecule has 3 atom stereocenters. The van der Waals surface area contributed by atoms with Crippen molar-refractivity contribution < 1.29 is 0 Å². The van der Waals surface area contributed by atoms with E-state index in [4.69, 9.17) is 0 Å². The van der Waals surface area contributed by atoms with Crippen LogP contribution in [0.3, 0.4) is 0 Å². The topological polar surface area (TPSA) is 0 Å². The summed E-state index contributed by atoms with van der Waals surface area (Å²) >= 11 is 3.63. The van der Waals surface area contributed by atoms with Gasteiger partial charge in [-0.05, 0) is 30.6 Å². The second-order valence-corrected chi connectivity index (χ2v) is 6.82. The lowest BCUT2D eigenvalue weighted by molar-refractivity contribution is 0.350. The summed E-state index contributed by atoms with van der Waals surface area (Å²) < 4.78 is 0. The van der Waals surface area contributed by atoms with Crippen molar-refractivity contribution in [1.82, 2.24) is 0 Å². The van der Waals surface area contributed by atoms with Crippen LogP contribution in [0.1, 0.15) is 41.0 Å². The maximum absolute atomic E-state index is 3.63. The molecule has 0 saturated heterocycles. The highest BCUT2D eigenvalue weighted by molar-refractivity contribution is 9.09. The van der Waals surface area contributed by atoms with Crippen LogP contribution in [0, 0.1) is 17.3 Å². The monoisotopic (exact) mass is 270 g/mol. The largest absolute Gasteiger partial charge is 0.0887 e. The predicted molar refractivity (Wildman–Crippen MR) is 72.3 cm³/mol. The van der Waals surface area contributed by atoms with Crippen molar-refractivity contribution >= 4 is 15.9 Å². The second-order valence-electron chi connectivity index (χ2n) is 5.37. The van der Waals surface area contributed by atoms with Crippen LogP contribution in [-0.2, 0) is 0 Å². The molecule has 0 spiro atoms. The van der Waals surface area contributed by atoms with Crippen LogP contribution in [0.15, 0.2) is 23.8 Å². The van der Waals surface area contributed by atoms with Gasteiger partial charge in [0.05, 0.1) is 0 Å². The first-order chi connectivity index (χ1) is 6.85. The normalized spacial score (nSPS) is 29.2. The predicted octanol–water partition coefficient (Wildman–Crippen LogP) is 4.95. The fraction of sp³-hybridized carbons (Fsp3) is 0.714. The Morgan fingerprint density at radius 3 is 2.47 bits per heavy atom. The van der Waals surface area contributed by atoms with Crippen molar-refractivity contribution in [3.63, 3.8) is 0 Å². The SMILES string of the molecule is CC1=CCC(C=CC(C)C(C)Br)C1(C)C. The summed E-state index contributed by atoms with van der Waals surface area (Å²) in [7, 11) is 0. The minimum atomic E-state index is 0.353. The highest BCUT2D eigenvalue weighted by Crippen LogP contribution is 2.43. The fourth-order valence-corrected chi connectivity index (χ4v) is 2.11. The molecule has 0 aromatic heterocycles. The van der Waals surface area contributed by atoms with E-state index in [-0.39, 0.29) is 0 Å². The molecule has 1 heteroatoms. The van der Waals surface area contributed by atoms with E-state index in [1.807, 2.05) is 0 Å². The molecule has 3 unspecified atom stereocenters. The molecule has 0 heterocycles. The van der Waals surface area contributed by atoms with E-state index < -0.39 is 0 Å². The van der Waals surface area contributed by atoms with Gasteiger partial charge in [-0.2, -0.15) is 0 Å². The Balaban J connectivity index is 2.62. The van der Waals surface area contributed by atoms with Crippen molar-refractivity contribution in [2.75, 3.05) is 0 Å². The Labute approximate surface area is 103 Å². The quantitative estimate of drug-likeness (QED) is 0.503. The van der Waals surface area contributed by atoms with Gasteiger partial charge in [-0.3, -0.25) is 0 Å². The first-order valence-electron chi connectivity index (χ1n) is 5.85. The van der Waals surface area contributed by atoms with E-state index >= 15 is 0 Å². The molecule has 86 valence electrons. The average molecular weight is 271 g/mol. The summed E-state index contributed by atoms with van der Waals surface area (Å²) in [6.45, 7) is 11.4. The zero-order valence-electron chi connectivity index (χ0n) is 10.5. The number of hydrogen-bond donors (Lipinski definition) is 0. The Kier molecular flexibility index (Phi) is 4.22. The van der Waals surface area contributed by atoms with E-state index in [0.717, 1.165) is 0 Å². The molecule has 1 rings (SSSR count). The molecule has 0 aromatic carbocycles. The van der Waals surface area contributed by atoms with Crippen LogP contribution >= 0.6 is 15.9 Å². The maximum Gasteiger partial charge on any atom is 0.0177 e. The van der Waals surface area contributed by atoms with Crippen LogP contribution in [0.25, 0.3) is 0 Å². The molecule has 0 saturated carbocycles. The molecule has 0 bridgehead atoms.